The molecule has 4 heteroatoms. The number of nitrogens with zero attached hydrogens (tertiary/aromatic N) is 2. The fraction of sp³-hybridized carbons (Fsp3) is 0.571. The Morgan fingerprint density at radius 3 is 2.64 bits per heavy atom. The number of carbonyl (C=O) groups is 1. The van der Waals surface area contributed by atoms with E-state index in [0.29, 0.717) is 13.0 Å². The maximum atomic E-state index is 12.9. The molecule has 0 saturated heterocycles. The van der Waals surface area contributed by atoms with Gasteiger partial charge in [-0.3, -0.25) is 4.79 Å². The zero-order valence-electron chi connectivity index (χ0n) is 16.0. The van der Waals surface area contributed by atoms with Crippen molar-refractivity contribution >= 4 is 16.8 Å². The monoisotopic (exact) mass is 342 g/mol. The van der Waals surface area contributed by atoms with Gasteiger partial charge in [0.25, 0.3) is 0 Å². The van der Waals surface area contributed by atoms with Crippen LogP contribution in [0.15, 0.2) is 24.3 Å². The number of aromatic nitrogens is 1. The van der Waals surface area contributed by atoms with Crippen molar-refractivity contribution < 1.29 is 9.53 Å². The quantitative estimate of drug-likeness (QED) is 0.787. The first-order chi connectivity index (χ1) is 12.1. The zero-order chi connectivity index (χ0) is 18.0. The van der Waals surface area contributed by atoms with E-state index in [0.717, 1.165) is 32.5 Å². The molecule has 0 spiro atoms. The van der Waals surface area contributed by atoms with Crippen LogP contribution in [-0.2, 0) is 21.7 Å². The second-order valence-corrected chi connectivity index (χ2v) is 6.98. The van der Waals surface area contributed by atoms with Gasteiger partial charge in [0.2, 0.25) is 5.91 Å². The third-order valence-corrected chi connectivity index (χ3v) is 5.56. The number of hydrogen-bond acceptors (Lipinski definition) is 2. The van der Waals surface area contributed by atoms with Crippen molar-refractivity contribution in [2.75, 3.05) is 19.7 Å². The summed E-state index contributed by atoms with van der Waals surface area (Å²) >= 11 is 0. The highest BCUT2D eigenvalue weighted by atomic mass is 16.5. The van der Waals surface area contributed by atoms with Crippen LogP contribution in [0, 0.1) is 6.92 Å². The number of rotatable bonds is 6. The van der Waals surface area contributed by atoms with E-state index >= 15 is 0 Å². The smallest absolute Gasteiger partial charge is 0.225 e. The van der Waals surface area contributed by atoms with Crippen molar-refractivity contribution in [3.63, 3.8) is 0 Å². The van der Waals surface area contributed by atoms with Crippen LogP contribution >= 0.6 is 0 Å². The van der Waals surface area contributed by atoms with Crippen LogP contribution in [0.5, 0.6) is 0 Å². The van der Waals surface area contributed by atoms with Gasteiger partial charge in [-0.15, -0.1) is 0 Å². The van der Waals surface area contributed by atoms with E-state index in [4.69, 9.17) is 4.74 Å². The first kappa shape index (κ1) is 18.0. The second kappa shape index (κ2) is 7.20. The number of aryl methyl sites for hydroxylation is 1. The molecule has 0 bridgehead atoms. The summed E-state index contributed by atoms with van der Waals surface area (Å²) in [5.74, 6) is 0.191. The minimum Gasteiger partial charge on any atom is -0.366 e. The molecular formula is C21H30N2O2. The predicted molar refractivity (Wildman–Crippen MR) is 102 cm³/mol. The summed E-state index contributed by atoms with van der Waals surface area (Å²) in [4.78, 5) is 14.8. The molecule has 25 heavy (non-hydrogen) atoms. The topological polar surface area (TPSA) is 34.5 Å². The molecule has 1 aromatic heterocycles. The van der Waals surface area contributed by atoms with Crippen LogP contribution in [0.4, 0.5) is 0 Å². The summed E-state index contributed by atoms with van der Waals surface area (Å²) in [5.41, 5.74) is 3.22. The number of para-hydroxylation sites is 1. The minimum atomic E-state index is -0.504. The normalized spacial score (nSPS) is 19.8. The molecule has 0 fully saturated rings. The van der Waals surface area contributed by atoms with Crippen LogP contribution < -0.4 is 0 Å². The highest BCUT2D eigenvalue weighted by Gasteiger charge is 2.42. The Morgan fingerprint density at radius 2 is 1.96 bits per heavy atom. The number of benzene rings is 1. The molecule has 2 heterocycles. The summed E-state index contributed by atoms with van der Waals surface area (Å²) < 4.78 is 8.77. The average molecular weight is 342 g/mol. The lowest BCUT2D eigenvalue weighted by atomic mass is 9.86. The molecule has 0 N–H and O–H groups in total. The molecule has 0 aliphatic carbocycles. The molecule has 0 saturated carbocycles. The van der Waals surface area contributed by atoms with Gasteiger partial charge in [-0.2, -0.15) is 0 Å². The van der Waals surface area contributed by atoms with E-state index in [1.807, 2.05) is 18.7 Å². The lowest BCUT2D eigenvalue weighted by Crippen LogP contribution is -2.44. The summed E-state index contributed by atoms with van der Waals surface area (Å²) in [7, 11) is 0. The van der Waals surface area contributed by atoms with Crippen LogP contribution in [0.1, 0.15) is 51.3 Å². The molecule has 1 amide bonds. The molecule has 1 aliphatic heterocycles. The summed E-state index contributed by atoms with van der Waals surface area (Å²) in [6.45, 7) is 11.4. The number of fused-ring (bicyclic) bond motifs is 3. The Morgan fingerprint density at radius 1 is 1.24 bits per heavy atom. The van der Waals surface area contributed by atoms with Gasteiger partial charge in [-0.1, -0.05) is 31.5 Å². The molecule has 1 unspecified atom stereocenters. The Labute approximate surface area is 150 Å². The van der Waals surface area contributed by atoms with E-state index in [1.165, 1.54) is 22.2 Å². The highest BCUT2D eigenvalue weighted by molar-refractivity contribution is 5.86. The Bertz CT molecular complexity index is 761. The predicted octanol–water partition coefficient (Wildman–Crippen LogP) is 4.23. The number of carbonyl (C=O) groups excluding carboxylic acids is 1. The molecule has 1 atom stereocenters. The second-order valence-electron chi connectivity index (χ2n) is 6.98. The largest absolute Gasteiger partial charge is 0.366 e. The fourth-order valence-electron chi connectivity index (χ4n) is 4.45. The third kappa shape index (κ3) is 2.97. The van der Waals surface area contributed by atoms with Gasteiger partial charge in [0.05, 0.1) is 18.7 Å². The van der Waals surface area contributed by atoms with Gasteiger partial charge in [-0.25, -0.2) is 0 Å². The van der Waals surface area contributed by atoms with Crippen molar-refractivity contribution in [3.8, 4) is 0 Å². The third-order valence-electron chi connectivity index (χ3n) is 5.56. The van der Waals surface area contributed by atoms with Crippen molar-refractivity contribution in [2.45, 2.75) is 59.1 Å². The van der Waals surface area contributed by atoms with Crippen molar-refractivity contribution in [1.82, 2.24) is 9.47 Å². The number of hydrogen-bond donors (Lipinski definition) is 0. The van der Waals surface area contributed by atoms with Gasteiger partial charge >= 0.3 is 0 Å². The molecule has 136 valence electrons. The highest BCUT2D eigenvalue weighted by Crippen LogP contribution is 2.43. The Kier molecular flexibility index (Phi) is 5.19. The maximum absolute atomic E-state index is 12.9. The standard InChI is InChI=1S/C21H30N2O2/c1-5-12-21(15-19(24)22(6-2)7-3)20-16(4)17-10-8-9-11-18(17)23(20)13-14-25-21/h8-11H,5-7,12-15H2,1-4H3. The maximum Gasteiger partial charge on any atom is 0.225 e. The lowest BCUT2D eigenvalue weighted by Gasteiger charge is -2.40. The van der Waals surface area contributed by atoms with Gasteiger partial charge in [0.1, 0.15) is 5.60 Å². The molecule has 0 radical (unpaired) electrons. The van der Waals surface area contributed by atoms with E-state index < -0.39 is 5.60 Å². The first-order valence-corrected chi connectivity index (χ1v) is 9.58. The zero-order valence-corrected chi connectivity index (χ0v) is 16.0. The number of amides is 1. The molecule has 2 aromatic rings. The van der Waals surface area contributed by atoms with Gasteiger partial charge in [0, 0.05) is 30.5 Å². The number of ether oxygens (including phenoxy) is 1. The molecule has 4 nitrogen and oxygen atoms in total. The molecule has 1 aromatic carbocycles. The van der Waals surface area contributed by atoms with E-state index in [9.17, 15) is 4.79 Å². The Balaban J connectivity index is 2.12. The summed E-state index contributed by atoms with van der Waals surface area (Å²) in [6.07, 6.45) is 2.29. The van der Waals surface area contributed by atoms with Crippen LogP contribution in [-0.4, -0.2) is 35.1 Å². The minimum absolute atomic E-state index is 0.191. The Hall–Kier alpha value is -1.81. The van der Waals surface area contributed by atoms with Gasteiger partial charge in [0.15, 0.2) is 0 Å². The first-order valence-electron chi connectivity index (χ1n) is 9.58. The summed E-state index contributed by atoms with van der Waals surface area (Å²) in [6, 6.07) is 8.54. The van der Waals surface area contributed by atoms with E-state index in [-0.39, 0.29) is 5.91 Å². The van der Waals surface area contributed by atoms with E-state index in [2.05, 4.69) is 42.7 Å². The van der Waals surface area contributed by atoms with Crippen molar-refractivity contribution in [2.24, 2.45) is 0 Å². The lowest BCUT2D eigenvalue weighted by molar-refractivity contribution is -0.145. The van der Waals surface area contributed by atoms with E-state index in [1.54, 1.807) is 0 Å². The molecule has 3 rings (SSSR count). The molecular weight excluding hydrogens is 312 g/mol. The van der Waals surface area contributed by atoms with Crippen LogP contribution in [0.2, 0.25) is 0 Å². The summed E-state index contributed by atoms with van der Waals surface area (Å²) in [5, 5.41) is 1.28. The van der Waals surface area contributed by atoms with Crippen molar-refractivity contribution in [1.29, 1.82) is 0 Å². The van der Waals surface area contributed by atoms with Crippen LogP contribution in [0.25, 0.3) is 10.9 Å². The fourth-order valence-corrected chi connectivity index (χ4v) is 4.45. The SMILES string of the molecule is CCCC1(CC(=O)N(CC)CC)OCCn2c1c(C)c1ccccc12. The molecule has 1 aliphatic rings. The van der Waals surface area contributed by atoms with Gasteiger partial charge < -0.3 is 14.2 Å². The van der Waals surface area contributed by atoms with Gasteiger partial charge in [-0.05, 0) is 38.8 Å². The average Bonchev–Trinajstić information content (AvgIpc) is 2.91. The van der Waals surface area contributed by atoms with Crippen molar-refractivity contribution in [3.05, 3.63) is 35.5 Å². The van der Waals surface area contributed by atoms with Crippen LogP contribution in [0.3, 0.4) is 0 Å².